The highest BCUT2D eigenvalue weighted by molar-refractivity contribution is 7.22. The highest BCUT2D eigenvalue weighted by Crippen LogP contribution is 2.37. The number of methoxy groups -OCH3 is 2. The molecule has 3 heterocycles. The number of anilines is 2. The molecule has 0 unspecified atom stereocenters. The number of fused-ring (bicyclic) bond motifs is 1. The van der Waals surface area contributed by atoms with Crippen LogP contribution in [-0.4, -0.2) is 24.2 Å². The number of nitrogens with one attached hydrogen (secondary N) is 1. The minimum absolute atomic E-state index is 0.685. The second kappa shape index (κ2) is 6.38. The first-order valence-corrected chi connectivity index (χ1v) is 9.18. The van der Waals surface area contributed by atoms with Gasteiger partial charge in [0, 0.05) is 11.4 Å². The number of furan rings is 1. The fourth-order valence-electron chi connectivity index (χ4n) is 2.41. The average Bonchev–Trinajstić information content (AvgIpc) is 3.33. The molecule has 0 aliphatic carbocycles. The lowest BCUT2D eigenvalue weighted by Crippen LogP contribution is -1.89. The van der Waals surface area contributed by atoms with Crippen molar-refractivity contribution in [1.82, 2.24) is 9.97 Å². The Morgan fingerprint density at radius 1 is 1.08 bits per heavy atom. The summed E-state index contributed by atoms with van der Waals surface area (Å²) in [4.78, 5) is 9.17. The van der Waals surface area contributed by atoms with E-state index in [1.165, 1.54) is 22.7 Å². The summed E-state index contributed by atoms with van der Waals surface area (Å²) >= 11 is 3.03. The molecule has 1 N–H and O–H groups in total. The fourth-order valence-corrected chi connectivity index (χ4v) is 4.08. The third-order valence-electron chi connectivity index (χ3n) is 3.60. The molecule has 0 aliphatic heterocycles. The molecule has 0 aliphatic rings. The molecule has 4 rings (SSSR count). The van der Waals surface area contributed by atoms with Gasteiger partial charge in [-0.1, -0.05) is 11.3 Å². The van der Waals surface area contributed by atoms with E-state index in [4.69, 9.17) is 13.9 Å². The Bertz CT molecular complexity index is 1040. The van der Waals surface area contributed by atoms with Gasteiger partial charge in [0.25, 0.3) is 0 Å². The maximum absolute atomic E-state index is 5.61. The lowest BCUT2D eigenvalue weighted by molar-refractivity contribution is 0.397. The van der Waals surface area contributed by atoms with Crippen LogP contribution in [0.1, 0.15) is 5.76 Å². The number of thiazole rings is 2. The van der Waals surface area contributed by atoms with E-state index in [9.17, 15) is 0 Å². The maximum Gasteiger partial charge on any atom is 0.190 e. The fraction of sp³-hybridized carbons (Fsp3) is 0.176. The van der Waals surface area contributed by atoms with E-state index in [2.05, 4.69) is 15.3 Å². The van der Waals surface area contributed by atoms with Crippen molar-refractivity contribution >= 4 is 43.2 Å². The molecule has 25 heavy (non-hydrogen) atoms. The molecule has 0 fully saturated rings. The van der Waals surface area contributed by atoms with E-state index < -0.39 is 0 Å². The molecule has 0 atom stereocenters. The predicted octanol–water partition coefficient (Wildman–Crippen LogP) is 5.08. The van der Waals surface area contributed by atoms with Crippen molar-refractivity contribution in [2.75, 3.05) is 19.5 Å². The van der Waals surface area contributed by atoms with Gasteiger partial charge >= 0.3 is 0 Å². The van der Waals surface area contributed by atoms with E-state index in [1.807, 2.05) is 36.6 Å². The first-order valence-electron chi connectivity index (χ1n) is 7.48. The number of aryl methyl sites for hydroxylation is 1. The third kappa shape index (κ3) is 3.06. The Morgan fingerprint density at radius 3 is 2.68 bits per heavy atom. The largest absolute Gasteiger partial charge is 0.497 e. The van der Waals surface area contributed by atoms with Gasteiger partial charge in [0.05, 0.1) is 18.9 Å². The summed E-state index contributed by atoms with van der Waals surface area (Å²) in [5.41, 5.74) is 1.61. The quantitative estimate of drug-likeness (QED) is 0.526. The molecule has 6 nitrogen and oxygen atoms in total. The van der Waals surface area contributed by atoms with Gasteiger partial charge in [0.15, 0.2) is 16.0 Å². The minimum atomic E-state index is 0.685. The molecule has 0 bridgehead atoms. The van der Waals surface area contributed by atoms with Crippen LogP contribution in [0.15, 0.2) is 34.1 Å². The second-order valence-electron chi connectivity index (χ2n) is 5.27. The van der Waals surface area contributed by atoms with Gasteiger partial charge in [-0.2, -0.15) is 0 Å². The smallest absolute Gasteiger partial charge is 0.190 e. The van der Waals surface area contributed by atoms with E-state index in [0.29, 0.717) is 5.75 Å². The van der Waals surface area contributed by atoms with Crippen LogP contribution in [0.4, 0.5) is 10.3 Å². The number of benzene rings is 1. The first-order chi connectivity index (χ1) is 12.2. The molecule has 0 saturated carbocycles. The Hall–Kier alpha value is -2.58. The molecule has 3 aromatic heterocycles. The zero-order valence-electron chi connectivity index (χ0n) is 13.8. The Kier molecular flexibility index (Phi) is 4.06. The predicted molar refractivity (Wildman–Crippen MR) is 101 cm³/mol. The standard InChI is InChI=1S/C17H15N3O3S2/c1-9-4-5-12(23-9)11-8-24-16(18-11)20-17-19-15-13(22-3)6-10(21-2)7-14(15)25-17/h4-8H,1-3H3,(H,18,19,20). The molecule has 0 saturated heterocycles. The van der Waals surface area contributed by atoms with Crippen LogP contribution in [0.2, 0.25) is 0 Å². The van der Waals surface area contributed by atoms with Crippen molar-refractivity contribution in [1.29, 1.82) is 0 Å². The highest BCUT2D eigenvalue weighted by Gasteiger charge is 2.13. The van der Waals surface area contributed by atoms with Gasteiger partial charge in [0.2, 0.25) is 0 Å². The van der Waals surface area contributed by atoms with E-state index >= 15 is 0 Å². The lowest BCUT2D eigenvalue weighted by Gasteiger charge is -2.03. The van der Waals surface area contributed by atoms with Gasteiger partial charge in [-0.05, 0) is 25.1 Å². The third-order valence-corrected chi connectivity index (χ3v) is 5.28. The number of ether oxygens (including phenoxy) is 2. The lowest BCUT2D eigenvalue weighted by atomic mass is 10.3. The highest BCUT2D eigenvalue weighted by atomic mass is 32.1. The molecule has 1 aromatic carbocycles. The van der Waals surface area contributed by atoms with Crippen LogP contribution in [0.5, 0.6) is 11.5 Å². The van der Waals surface area contributed by atoms with Crippen LogP contribution in [0.25, 0.3) is 21.7 Å². The summed E-state index contributed by atoms with van der Waals surface area (Å²) in [5, 5.41) is 6.72. The topological polar surface area (TPSA) is 69.4 Å². The molecule has 8 heteroatoms. The molecule has 0 radical (unpaired) electrons. The number of rotatable bonds is 5. The molecule has 4 aromatic rings. The summed E-state index contributed by atoms with van der Waals surface area (Å²) < 4.78 is 17.3. The molecular weight excluding hydrogens is 358 g/mol. The van der Waals surface area contributed by atoms with Crippen molar-refractivity contribution in [2.45, 2.75) is 6.92 Å². The van der Waals surface area contributed by atoms with E-state index in [-0.39, 0.29) is 0 Å². The van der Waals surface area contributed by atoms with Gasteiger partial charge in [-0.3, -0.25) is 0 Å². The maximum atomic E-state index is 5.61. The summed E-state index contributed by atoms with van der Waals surface area (Å²) in [6.45, 7) is 1.91. The van der Waals surface area contributed by atoms with Gasteiger partial charge < -0.3 is 19.2 Å². The normalized spacial score (nSPS) is 11.0. The number of hydrogen-bond acceptors (Lipinski definition) is 8. The molecule has 128 valence electrons. The van der Waals surface area contributed by atoms with Gasteiger partial charge in [-0.25, -0.2) is 9.97 Å². The summed E-state index contributed by atoms with van der Waals surface area (Å²) in [7, 11) is 3.26. The van der Waals surface area contributed by atoms with Crippen molar-refractivity contribution < 1.29 is 13.9 Å². The molecule has 0 spiro atoms. The Morgan fingerprint density at radius 2 is 1.96 bits per heavy atom. The van der Waals surface area contributed by atoms with Crippen LogP contribution in [0, 0.1) is 6.92 Å². The van der Waals surface area contributed by atoms with Crippen LogP contribution >= 0.6 is 22.7 Å². The SMILES string of the molecule is COc1cc(OC)c2nc(Nc3nc(-c4ccc(C)o4)cs3)sc2c1. The average molecular weight is 373 g/mol. The van der Waals surface area contributed by atoms with Crippen molar-refractivity contribution in [3.05, 3.63) is 35.4 Å². The summed E-state index contributed by atoms with van der Waals surface area (Å²) in [5.74, 6) is 3.05. The first kappa shape index (κ1) is 15.9. The minimum Gasteiger partial charge on any atom is -0.497 e. The van der Waals surface area contributed by atoms with Gasteiger partial charge in [-0.15, -0.1) is 11.3 Å². The van der Waals surface area contributed by atoms with E-state index in [1.54, 1.807) is 14.2 Å². The monoisotopic (exact) mass is 373 g/mol. The van der Waals surface area contributed by atoms with Crippen LogP contribution in [0.3, 0.4) is 0 Å². The van der Waals surface area contributed by atoms with Crippen LogP contribution < -0.4 is 14.8 Å². The van der Waals surface area contributed by atoms with Crippen molar-refractivity contribution in [2.24, 2.45) is 0 Å². The number of aromatic nitrogens is 2. The van der Waals surface area contributed by atoms with Crippen molar-refractivity contribution in [3.8, 4) is 23.0 Å². The molecule has 0 amide bonds. The zero-order chi connectivity index (χ0) is 17.4. The van der Waals surface area contributed by atoms with Gasteiger partial charge in [0.1, 0.15) is 28.5 Å². The Balaban J connectivity index is 1.63. The Labute approximate surface area is 152 Å². The number of hydrogen-bond donors (Lipinski definition) is 1. The zero-order valence-corrected chi connectivity index (χ0v) is 15.5. The molecular formula is C17H15N3O3S2. The van der Waals surface area contributed by atoms with Crippen molar-refractivity contribution in [3.63, 3.8) is 0 Å². The summed E-state index contributed by atoms with van der Waals surface area (Å²) in [6.07, 6.45) is 0. The summed E-state index contributed by atoms with van der Waals surface area (Å²) in [6, 6.07) is 7.62. The number of nitrogens with zero attached hydrogens (tertiary/aromatic N) is 2. The van der Waals surface area contributed by atoms with E-state index in [0.717, 1.165) is 43.4 Å². The second-order valence-corrected chi connectivity index (χ2v) is 7.16. The van der Waals surface area contributed by atoms with Crippen LogP contribution in [-0.2, 0) is 0 Å².